The summed E-state index contributed by atoms with van der Waals surface area (Å²) in [6.45, 7) is 6.35. The van der Waals surface area contributed by atoms with E-state index in [4.69, 9.17) is 0 Å². The number of ketones is 1. The summed E-state index contributed by atoms with van der Waals surface area (Å²) >= 11 is 0. The standard InChI is InChI=1S/C14H21NO4/c1-4-15(9-14(2,3)19)8-13(18)11-6-5-10(16)7-12(11)17/h5-7,16-17,19H,4,8-9H2,1-3H3. The summed E-state index contributed by atoms with van der Waals surface area (Å²) in [5.41, 5.74) is -0.709. The quantitative estimate of drug-likeness (QED) is 0.678. The molecule has 0 radical (unpaired) electrons. The van der Waals surface area contributed by atoms with Crippen molar-refractivity contribution < 1.29 is 20.1 Å². The van der Waals surface area contributed by atoms with Crippen molar-refractivity contribution in [3.63, 3.8) is 0 Å². The maximum atomic E-state index is 12.1. The third kappa shape index (κ3) is 4.89. The molecule has 0 aliphatic rings. The van der Waals surface area contributed by atoms with Gasteiger partial charge in [0.05, 0.1) is 17.7 Å². The van der Waals surface area contributed by atoms with Gasteiger partial charge in [-0.2, -0.15) is 0 Å². The molecule has 0 aliphatic carbocycles. The molecule has 1 aromatic rings. The number of hydrogen-bond donors (Lipinski definition) is 3. The van der Waals surface area contributed by atoms with Crippen LogP contribution < -0.4 is 0 Å². The molecule has 19 heavy (non-hydrogen) atoms. The lowest BCUT2D eigenvalue weighted by molar-refractivity contribution is 0.0375. The van der Waals surface area contributed by atoms with Crippen molar-refractivity contribution in [3.05, 3.63) is 23.8 Å². The first kappa shape index (κ1) is 15.5. The molecular weight excluding hydrogens is 246 g/mol. The second-order valence-corrected chi connectivity index (χ2v) is 5.24. The molecule has 5 heteroatoms. The summed E-state index contributed by atoms with van der Waals surface area (Å²) < 4.78 is 0. The van der Waals surface area contributed by atoms with Crippen LogP contribution in [0.25, 0.3) is 0 Å². The zero-order chi connectivity index (χ0) is 14.6. The van der Waals surface area contributed by atoms with Crippen molar-refractivity contribution in [3.8, 4) is 11.5 Å². The molecule has 0 atom stereocenters. The van der Waals surface area contributed by atoms with Crippen LogP contribution in [0.2, 0.25) is 0 Å². The van der Waals surface area contributed by atoms with Gasteiger partial charge in [-0.3, -0.25) is 9.69 Å². The molecule has 0 spiro atoms. The summed E-state index contributed by atoms with van der Waals surface area (Å²) in [6.07, 6.45) is 0. The number of carbonyl (C=O) groups excluding carboxylic acids is 1. The van der Waals surface area contributed by atoms with Crippen LogP contribution in [0.1, 0.15) is 31.1 Å². The number of phenolic OH excluding ortho intramolecular Hbond substituents is 2. The van der Waals surface area contributed by atoms with Gasteiger partial charge in [-0.15, -0.1) is 0 Å². The third-order valence-corrected chi connectivity index (χ3v) is 2.71. The smallest absolute Gasteiger partial charge is 0.180 e. The lowest BCUT2D eigenvalue weighted by atomic mass is 10.1. The number of nitrogens with zero attached hydrogens (tertiary/aromatic N) is 1. The number of carbonyl (C=O) groups is 1. The highest BCUT2D eigenvalue weighted by Gasteiger charge is 2.21. The highest BCUT2D eigenvalue weighted by atomic mass is 16.3. The fourth-order valence-corrected chi connectivity index (χ4v) is 1.87. The van der Waals surface area contributed by atoms with Gasteiger partial charge in [-0.1, -0.05) is 6.92 Å². The molecule has 0 unspecified atom stereocenters. The molecule has 0 saturated heterocycles. The summed E-state index contributed by atoms with van der Waals surface area (Å²) in [6, 6.07) is 3.89. The average molecular weight is 267 g/mol. The molecule has 0 aliphatic heterocycles. The van der Waals surface area contributed by atoms with Gasteiger partial charge in [0.1, 0.15) is 11.5 Å². The Morgan fingerprint density at radius 3 is 2.42 bits per heavy atom. The topological polar surface area (TPSA) is 81.0 Å². The monoisotopic (exact) mass is 267 g/mol. The Morgan fingerprint density at radius 1 is 1.32 bits per heavy atom. The molecule has 1 rings (SSSR count). The predicted molar refractivity (Wildman–Crippen MR) is 72.5 cm³/mol. The Morgan fingerprint density at radius 2 is 1.95 bits per heavy atom. The Bertz CT molecular complexity index is 451. The third-order valence-electron chi connectivity index (χ3n) is 2.71. The van der Waals surface area contributed by atoms with Gasteiger partial charge in [-0.05, 0) is 32.5 Å². The van der Waals surface area contributed by atoms with Crippen LogP contribution in [0, 0.1) is 0 Å². The lowest BCUT2D eigenvalue weighted by Gasteiger charge is -2.27. The van der Waals surface area contributed by atoms with Gasteiger partial charge >= 0.3 is 0 Å². The van der Waals surface area contributed by atoms with E-state index in [1.807, 2.05) is 6.92 Å². The van der Waals surface area contributed by atoms with E-state index in [1.165, 1.54) is 12.1 Å². The van der Waals surface area contributed by atoms with Crippen molar-refractivity contribution in [2.24, 2.45) is 0 Å². The fraction of sp³-hybridized carbons (Fsp3) is 0.500. The summed E-state index contributed by atoms with van der Waals surface area (Å²) in [4.78, 5) is 13.9. The van der Waals surface area contributed by atoms with Crippen molar-refractivity contribution in [1.29, 1.82) is 0 Å². The zero-order valence-electron chi connectivity index (χ0n) is 11.6. The molecule has 3 N–H and O–H groups in total. The van der Waals surface area contributed by atoms with Crippen molar-refractivity contribution in [2.75, 3.05) is 19.6 Å². The van der Waals surface area contributed by atoms with Gasteiger partial charge in [0, 0.05) is 12.6 Å². The van der Waals surface area contributed by atoms with E-state index in [-0.39, 0.29) is 29.4 Å². The van der Waals surface area contributed by atoms with E-state index in [2.05, 4.69) is 0 Å². The van der Waals surface area contributed by atoms with E-state index >= 15 is 0 Å². The summed E-state index contributed by atoms with van der Waals surface area (Å²) in [7, 11) is 0. The Balaban J connectivity index is 2.77. The van der Waals surface area contributed by atoms with Gasteiger partial charge in [0.15, 0.2) is 5.78 Å². The number of phenols is 2. The Hall–Kier alpha value is -1.59. The number of rotatable bonds is 6. The number of Topliss-reactive ketones (excluding diaryl/α,β-unsaturated/α-hetero) is 1. The van der Waals surface area contributed by atoms with E-state index in [9.17, 15) is 20.1 Å². The van der Waals surface area contributed by atoms with Gasteiger partial charge in [-0.25, -0.2) is 0 Å². The molecular formula is C14H21NO4. The van der Waals surface area contributed by atoms with E-state index in [0.717, 1.165) is 6.07 Å². The minimum atomic E-state index is -0.882. The average Bonchev–Trinajstić information content (AvgIpc) is 2.25. The normalized spacial score (nSPS) is 11.8. The predicted octanol–water partition coefficient (Wildman–Crippen LogP) is 1.37. The van der Waals surface area contributed by atoms with Crippen LogP contribution in [0.4, 0.5) is 0 Å². The summed E-state index contributed by atoms with van der Waals surface area (Å²) in [5.74, 6) is -0.564. The van der Waals surface area contributed by atoms with Crippen molar-refractivity contribution >= 4 is 5.78 Å². The van der Waals surface area contributed by atoms with Gasteiger partial charge < -0.3 is 15.3 Å². The highest BCUT2D eigenvalue weighted by Crippen LogP contribution is 2.23. The van der Waals surface area contributed by atoms with Crippen LogP contribution in [-0.4, -0.2) is 51.2 Å². The maximum Gasteiger partial charge on any atom is 0.180 e. The number of likely N-dealkylation sites (N-methyl/N-ethyl adjacent to an activating group) is 1. The Labute approximate surface area is 113 Å². The minimum absolute atomic E-state index is 0.0853. The van der Waals surface area contributed by atoms with Crippen LogP contribution in [-0.2, 0) is 0 Å². The van der Waals surface area contributed by atoms with Crippen LogP contribution >= 0.6 is 0 Å². The fourth-order valence-electron chi connectivity index (χ4n) is 1.87. The minimum Gasteiger partial charge on any atom is -0.508 e. The van der Waals surface area contributed by atoms with Crippen LogP contribution in [0.3, 0.4) is 0 Å². The second kappa shape index (κ2) is 6.04. The zero-order valence-corrected chi connectivity index (χ0v) is 11.6. The molecule has 0 saturated carbocycles. The Kier molecular flexibility index (Phi) is 4.91. The largest absolute Gasteiger partial charge is 0.508 e. The SMILES string of the molecule is CCN(CC(=O)c1ccc(O)cc1O)CC(C)(C)O. The molecule has 5 nitrogen and oxygen atoms in total. The maximum absolute atomic E-state index is 12.1. The van der Waals surface area contributed by atoms with Crippen LogP contribution in [0.5, 0.6) is 11.5 Å². The first-order chi connectivity index (χ1) is 8.73. The number of hydrogen-bond acceptors (Lipinski definition) is 5. The van der Waals surface area contributed by atoms with E-state index in [1.54, 1.807) is 18.7 Å². The van der Waals surface area contributed by atoms with Crippen molar-refractivity contribution in [2.45, 2.75) is 26.4 Å². The first-order valence-electron chi connectivity index (χ1n) is 6.23. The summed E-state index contributed by atoms with van der Waals surface area (Å²) in [5, 5.41) is 28.6. The number of benzene rings is 1. The van der Waals surface area contributed by atoms with Crippen LogP contribution in [0.15, 0.2) is 18.2 Å². The number of aromatic hydroxyl groups is 2. The number of aliphatic hydroxyl groups is 1. The molecule has 0 bridgehead atoms. The highest BCUT2D eigenvalue weighted by molar-refractivity contribution is 6.00. The molecule has 0 heterocycles. The van der Waals surface area contributed by atoms with Gasteiger partial charge in [0.25, 0.3) is 0 Å². The van der Waals surface area contributed by atoms with Gasteiger partial charge in [0.2, 0.25) is 0 Å². The first-order valence-corrected chi connectivity index (χ1v) is 6.23. The van der Waals surface area contributed by atoms with E-state index < -0.39 is 5.60 Å². The van der Waals surface area contributed by atoms with E-state index in [0.29, 0.717) is 13.1 Å². The lowest BCUT2D eigenvalue weighted by Crippen LogP contribution is -2.41. The molecule has 0 amide bonds. The molecule has 106 valence electrons. The second-order valence-electron chi connectivity index (χ2n) is 5.24. The molecule has 1 aromatic carbocycles. The van der Waals surface area contributed by atoms with Crippen molar-refractivity contribution in [1.82, 2.24) is 4.90 Å². The molecule has 0 fully saturated rings. The molecule has 0 aromatic heterocycles.